The van der Waals surface area contributed by atoms with Crippen molar-refractivity contribution in [2.75, 3.05) is 45.8 Å². The Kier molecular flexibility index (Phi) is 6.21. The number of amides is 1. The predicted molar refractivity (Wildman–Crippen MR) is 86.1 cm³/mol. The molecule has 0 N–H and O–H groups in total. The number of piperazine rings is 1. The maximum Gasteiger partial charge on any atom is 0.236 e. The van der Waals surface area contributed by atoms with Gasteiger partial charge in [-0.1, -0.05) is 44.2 Å². The van der Waals surface area contributed by atoms with Crippen LogP contribution in [0.15, 0.2) is 30.3 Å². The monoisotopic (exact) mass is 289 g/mol. The Morgan fingerprint density at radius 2 is 1.67 bits per heavy atom. The van der Waals surface area contributed by atoms with Gasteiger partial charge in [-0.25, -0.2) is 0 Å². The fraction of sp³-hybridized carbons (Fsp3) is 0.588. The minimum atomic E-state index is 0.276. The number of carbonyl (C=O) groups is 1. The Balaban J connectivity index is 1.76. The number of hydrogen-bond donors (Lipinski definition) is 0. The SMILES string of the molecule is CCN(CC)CC(=O)N1CCN(Cc2ccccc2)CC1. The molecule has 0 aromatic heterocycles. The predicted octanol–water partition coefficient (Wildman–Crippen LogP) is 1.67. The first-order valence-electron chi connectivity index (χ1n) is 7.99. The molecule has 0 aliphatic carbocycles. The van der Waals surface area contributed by atoms with Crippen molar-refractivity contribution in [1.82, 2.24) is 14.7 Å². The van der Waals surface area contributed by atoms with Crippen LogP contribution in [-0.2, 0) is 11.3 Å². The van der Waals surface area contributed by atoms with Gasteiger partial charge in [-0.05, 0) is 18.7 Å². The van der Waals surface area contributed by atoms with Crippen LogP contribution in [0, 0.1) is 0 Å². The average Bonchev–Trinajstić information content (AvgIpc) is 2.54. The zero-order chi connectivity index (χ0) is 15.1. The van der Waals surface area contributed by atoms with Gasteiger partial charge < -0.3 is 4.90 Å². The third-order valence-electron chi connectivity index (χ3n) is 4.23. The van der Waals surface area contributed by atoms with Gasteiger partial charge in [0.05, 0.1) is 6.54 Å². The molecule has 0 saturated carbocycles. The summed E-state index contributed by atoms with van der Waals surface area (Å²) in [5, 5.41) is 0. The molecule has 1 aromatic carbocycles. The summed E-state index contributed by atoms with van der Waals surface area (Å²) in [5.74, 6) is 0.276. The lowest BCUT2D eigenvalue weighted by Crippen LogP contribution is -2.50. The van der Waals surface area contributed by atoms with Gasteiger partial charge in [0.15, 0.2) is 0 Å². The van der Waals surface area contributed by atoms with Crippen molar-refractivity contribution in [1.29, 1.82) is 0 Å². The van der Waals surface area contributed by atoms with Crippen molar-refractivity contribution in [2.45, 2.75) is 20.4 Å². The third kappa shape index (κ3) is 4.83. The molecule has 21 heavy (non-hydrogen) atoms. The lowest BCUT2D eigenvalue weighted by Gasteiger charge is -2.35. The minimum Gasteiger partial charge on any atom is -0.339 e. The number of benzene rings is 1. The van der Waals surface area contributed by atoms with Crippen LogP contribution in [0.25, 0.3) is 0 Å². The normalized spacial score (nSPS) is 16.4. The Morgan fingerprint density at radius 1 is 1.05 bits per heavy atom. The molecule has 1 fully saturated rings. The minimum absolute atomic E-state index is 0.276. The van der Waals surface area contributed by atoms with Gasteiger partial charge in [0.2, 0.25) is 5.91 Å². The van der Waals surface area contributed by atoms with Crippen LogP contribution in [0.2, 0.25) is 0 Å². The molecular formula is C17H27N3O. The molecule has 1 aliphatic heterocycles. The summed E-state index contributed by atoms with van der Waals surface area (Å²) in [5.41, 5.74) is 1.35. The Morgan fingerprint density at radius 3 is 2.24 bits per heavy atom. The summed E-state index contributed by atoms with van der Waals surface area (Å²) >= 11 is 0. The topological polar surface area (TPSA) is 26.8 Å². The van der Waals surface area contributed by atoms with Crippen LogP contribution in [0.5, 0.6) is 0 Å². The average molecular weight is 289 g/mol. The van der Waals surface area contributed by atoms with Gasteiger partial charge in [0.25, 0.3) is 0 Å². The van der Waals surface area contributed by atoms with Gasteiger partial charge in [-0.15, -0.1) is 0 Å². The maximum atomic E-state index is 12.3. The van der Waals surface area contributed by atoms with E-state index in [-0.39, 0.29) is 5.91 Å². The van der Waals surface area contributed by atoms with E-state index in [9.17, 15) is 4.79 Å². The van der Waals surface area contributed by atoms with E-state index in [0.717, 1.165) is 45.8 Å². The number of nitrogens with zero attached hydrogens (tertiary/aromatic N) is 3. The summed E-state index contributed by atoms with van der Waals surface area (Å²) in [4.78, 5) is 18.9. The van der Waals surface area contributed by atoms with E-state index in [1.165, 1.54) is 5.56 Å². The molecule has 2 rings (SSSR count). The van der Waals surface area contributed by atoms with E-state index < -0.39 is 0 Å². The van der Waals surface area contributed by atoms with Gasteiger partial charge >= 0.3 is 0 Å². The lowest BCUT2D eigenvalue weighted by molar-refractivity contribution is -0.134. The van der Waals surface area contributed by atoms with Crippen molar-refractivity contribution in [3.05, 3.63) is 35.9 Å². The van der Waals surface area contributed by atoms with Crippen LogP contribution in [0.1, 0.15) is 19.4 Å². The number of hydrogen-bond acceptors (Lipinski definition) is 3. The highest BCUT2D eigenvalue weighted by atomic mass is 16.2. The van der Waals surface area contributed by atoms with E-state index in [2.05, 4.69) is 47.9 Å². The number of rotatable bonds is 6. The van der Waals surface area contributed by atoms with Crippen molar-refractivity contribution < 1.29 is 4.79 Å². The first kappa shape index (κ1) is 16.0. The Hall–Kier alpha value is -1.39. The molecule has 1 aliphatic rings. The van der Waals surface area contributed by atoms with Crippen LogP contribution in [0.3, 0.4) is 0 Å². The van der Waals surface area contributed by atoms with Crippen LogP contribution >= 0.6 is 0 Å². The van der Waals surface area contributed by atoms with Crippen molar-refractivity contribution in [2.24, 2.45) is 0 Å². The first-order valence-corrected chi connectivity index (χ1v) is 7.99. The van der Waals surface area contributed by atoms with E-state index in [1.807, 2.05) is 11.0 Å². The standard InChI is InChI=1S/C17H27N3O/c1-3-18(4-2)15-17(21)20-12-10-19(11-13-20)14-16-8-6-5-7-9-16/h5-9H,3-4,10-15H2,1-2H3. The second-order valence-electron chi connectivity index (χ2n) is 5.60. The highest BCUT2D eigenvalue weighted by Gasteiger charge is 2.21. The van der Waals surface area contributed by atoms with Crippen molar-refractivity contribution in [3.63, 3.8) is 0 Å². The van der Waals surface area contributed by atoms with Gasteiger partial charge in [-0.2, -0.15) is 0 Å². The molecule has 4 nitrogen and oxygen atoms in total. The molecule has 0 radical (unpaired) electrons. The summed E-state index contributed by atoms with van der Waals surface area (Å²) < 4.78 is 0. The summed E-state index contributed by atoms with van der Waals surface area (Å²) in [6.07, 6.45) is 0. The Bertz CT molecular complexity index is 423. The molecule has 4 heteroatoms. The molecular weight excluding hydrogens is 262 g/mol. The van der Waals surface area contributed by atoms with E-state index in [0.29, 0.717) is 6.54 Å². The maximum absolute atomic E-state index is 12.3. The van der Waals surface area contributed by atoms with Gasteiger partial charge in [0.1, 0.15) is 0 Å². The summed E-state index contributed by atoms with van der Waals surface area (Å²) in [6.45, 7) is 11.3. The Labute approximate surface area is 128 Å². The smallest absolute Gasteiger partial charge is 0.236 e. The first-order chi connectivity index (χ1) is 10.2. The van der Waals surface area contributed by atoms with E-state index in [4.69, 9.17) is 0 Å². The second-order valence-corrected chi connectivity index (χ2v) is 5.60. The molecule has 0 atom stereocenters. The highest BCUT2D eigenvalue weighted by molar-refractivity contribution is 5.78. The van der Waals surface area contributed by atoms with Gasteiger partial charge in [-0.3, -0.25) is 14.6 Å². The third-order valence-corrected chi connectivity index (χ3v) is 4.23. The van der Waals surface area contributed by atoms with Crippen LogP contribution in [0.4, 0.5) is 0 Å². The molecule has 1 heterocycles. The molecule has 116 valence electrons. The largest absolute Gasteiger partial charge is 0.339 e. The fourth-order valence-corrected chi connectivity index (χ4v) is 2.74. The molecule has 0 unspecified atom stereocenters. The second kappa shape index (κ2) is 8.15. The zero-order valence-corrected chi connectivity index (χ0v) is 13.3. The lowest BCUT2D eigenvalue weighted by atomic mass is 10.2. The van der Waals surface area contributed by atoms with E-state index in [1.54, 1.807) is 0 Å². The molecule has 0 spiro atoms. The van der Waals surface area contributed by atoms with Crippen molar-refractivity contribution >= 4 is 5.91 Å². The quantitative estimate of drug-likeness (QED) is 0.797. The van der Waals surface area contributed by atoms with Crippen molar-refractivity contribution in [3.8, 4) is 0 Å². The van der Waals surface area contributed by atoms with Crippen LogP contribution in [-0.4, -0.2) is 66.4 Å². The molecule has 1 aromatic rings. The molecule has 0 bridgehead atoms. The summed E-state index contributed by atoms with van der Waals surface area (Å²) in [6, 6.07) is 10.5. The van der Waals surface area contributed by atoms with Gasteiger partial charge in [0, 0.05) is 32.7 Å². The number of carbonyl (C=O) groups excluding carboxylic acids is 1. The number of likely N-dealkylation sites (N-methyl/N-ethyl adjacent to an activating group) is 1. The zero-order valence-electron chi connectivity index (χ0n) is 13.3. The van der Waals surface area contributed by atoms with Crippen LogP contribution < -0.4 is 0 Å². The molecule has 1 saturated heterocycles. The summed E-state index contributed by atoms with van der Waals surface area (Å²) in [7, 11) is 0. The molecule has 1 amide bonds. The van der Waals surface area contributed by atoms with E-state index >= 15 is 0 Å². The highest BCUT2D eigenvalue weighted by Crippen LogP contribution is 2.08. The fourth-order valence-electron chi connectivity index (χ4n) is 2.74.